The van der Waals surface area contributed by atoms with E-state index in [4.69, 9.17) is 4.74 Å². The molecule has 1 radical (unpaired) electrons. The summed E-state index contributed by atoms with van der Waals surface area (Å²) in [5.74, 6) is 0. The molecule has 0 aliphatic heterocycles. The quantitative estimate of drug-likeness (QED) is 0.548. The Balaban J connectivity index is 2.50. The maximum absolute atomic E-state index is 4.78. The smallest absolute Gasteiger partial charge is 0.124 e. The van der Waals surface area contributed by atoms with E-state index in [0.717, 1.165) is 0 Å². The van der Waals surface area contributed by atoms with Gasteiger partial charge in [0.2, 0.25) is 0 Å². The summed E-state index contributed by atoms with van der Waals surface area (Å²) >= 11 is 0. The van der Waals surface area contributed by atoms with Crippen LogP contribution in [0.2, 0.25) is 0 Å². The predicted octanol–water partition coefficient (Wildman–Crippen LogP) is 0.287. The standard InChI is InChI=1S/C5H7N2O/c1-8-5-7-3-2-6-4-7/h2,4H,5H2,1H3. The predicted molar refractivity (Wildman–Crippen MR) is 28.1 cm³/mol. The zero-order valence-electron chi connectivity index (χ0n) is 4.66. The number of ether oxygens (including phenoxy) is 1. The van der Waals surface area contributed by atoms with Crippen molar-refractivity contribution in [1.82, 2.24) is 9.55 Å². The van der Waals surface area contributed by atoms with E-state index in [0.29, 0.717) is 6.73 Å². The molecule has 0 aromatic carbocycles. The molecule has 0 saturated carbocycles. The molecule has 0 atom stereocenters. The van der Waals surface area contributed by atoms with E-state index in [1.807, 2.05) is 0 Å². The fourth-order valence-corrected chi connectivity index (χ4v) is 0.464. The van der Waals surface area contributed by atoms with Gasteiger partial charge in [0, 0.05) is 7.11 Å². The molecule has 0 aliphatic rings. The molecule has 0 amide bonds. The summed E-state index contributed by atoms with van der Waals surface area (Å²) in [7, 11) is 1.63. The van der Waals surface area contributed by atoms with Crippen LogP contribution in [0.25, 0.3) is 0 Å². The first-order chi connectivity index (χ1) is 3.93. The third kappa shape index (κ3) is 1.07. The Morgan fingerprint density at radius 1 is 1.88 bits per heavy atom. The number of nitrogens with zero attached hydrogens (tertiary/aromatic N) is 2. The highest BCUT2D eigenvalue weighted by atomic mass is 16.5. The molecule has 1 aromatic rings. The molecule has 0 bridgehead atoms. The SMILES string of the molecule is COCn1[c]cnc1. The molecule has 1 rings (SSSR count). The van der Waals surface area contributed by atoms with Gasteiger partial charge in [-0.25, -0.2) is 4.98 Å². The molecule has 1 aromatic heterocycles. The third-order valence-corrected chi connectivity index (χ3v) is 0.772. The van der Waals surface area contributed by atoms with E-state index in [-0.39, 0.29) is 0 Å². The van der Waals surface area contributed by atoms with Gasteiger partial charge < -0.3 is 9.30 Å². The van der Waals surface area contributed by atoms with Gasteiger partial charge in [-0.05, 0) is 0 Å². The summed E-state index contributed by atoms with van der Waals surface area (Å²) in [5.41, 5.74) is 0. The van der Waals surface area contributed by atoms with Gasteiger partial charge >= 0.3 is 0 Å². The van der Waals surface area contributed by atoms with Crippen molar-refractivity contribution >= 4 is 0 Å². The molecule has 0 unspecified atom stereocenters. The molecular formula is C5H7N2O. The second-order valence-corrected chi connectivity index (χ2v) is 1.41. The molecule has 8 heavy (non-hydrogen) atoms. The number of hydrogen-bond donors (Lipinski definition) is 0. The van der Waals surface area contributed by atoms with Crippen molar-refractivity contribution in [1.29, 1.82) is 0 Å². The van der Waals surface area contributed by atoms with Crippen molar-refractivity contribution in [2.75, 3.05) is 7.11 Å². The van der Waals surface area contributed by atoms with Crippen LogP contribution in [0.15, 0.2) is 12.5 Å². The number of imidazole rings is 1. The van der Waals surface area contributed by atoms with Crippen molar-refractivity contribution < 1.29 is 4.74 Å². The maximum atomic E-state index is 4.78. The van der Waals surface area contributed by atoms with E-state index in [1.54, 1.807) is 24.2 Å². The van der Waals surface area contributed by atoms with Crippen molar-refractivity contribution in [2.24, 2.45) is 0 Å². The average Bonchev–Trinajstić information content (AvgIpc) is 2.19. The Hall–Kier alpha value is -0.830. The highest BCUT2D eigenvalue weighted by Gasteiger charge is 1.82. The molecule has 1 heterocycles. The van der Waals surface area contributed by atoms with E-state index in [9.17, 15) is 0 Å². The van der Waals surface area contributed by atoms with Crippen molar-refractivity contribution in [3.05, 3.63) is 18.7 Å². The van der Waals surface area contributed by atoms with E-state index in [1.165, 1.54) is 0 Å². The normalized spacial score (nSPS) is 9.62. The summed E-state index contributed by atoms with van der Waals surface area (Å²) in [6.45, 7) is 0.528. The van der Waals surface area contributed by atoms with Gasteiger partial charge in [-0.2, -0.15) is 0 Å². The molecule has 0 saturated heterocycles. The maximum Gasteiger partial charge on any atom is 0.124 e. The number of rotatable bonds is 2. The first-order valence-corrected chi connectivity index (χ1v) is 2.30. The second kappa shape index (κ2) is 2.47. The average molecular weight is 111 g/mol. The van der Waals surface area contributed by atoms with Crippen LogP contribution in [0.1, 0.15) is 0 Å². The second-order valence-electron chi connectivity index (χ2n) is 1.41. The van der Waals surface area contributed by atoms with Gasteiger partial charge in [0.05, 0.1) is 18.7 Å². The van der Waals surface area contributed by atoms with Crippen LogP contribution >= 0.6 is 0 Å². The summed E-state index contributed by atoms with van der Waals surface area (Å²) in [6, 6.07) is 0. The van der Waals surface area contributed by atoms with Crippen LogP contribution in [0.5, 0.6) is 0 Å². The topological polar surface area (TPSA) is 27.1 Å². The monoisotopic (exact) mass is 111 g/mol. The Labute approximate surface area is 47.9 Å². The summed E-state index contributed by atoms with van der Waals surface area (Å²) < 4.78 is 6.50. The van der Waals surface area contributed by atoms with E-state index >= 15 is 0 Å². The van der Waals surface area contributed by atoms with Crippen molar-refractivity contribution in [2.45, 2.75) is 6.73 Å². The van der Waals surface area contributed by atoms with E-state index in [2.05, 4.69) is 11.2 Å². The van der Waals surface area contributed by atoms with Gasteiger partial charge in [-0.15, -0.1) is 0 Å². The van der Waals surface area contributed by atoms with Crippen LogP contribution in [0, 0.1) is 6.20 Å². The largest absolute Gasteiger partial charge is 0.364 e. The highest BCUT2D eigenvalue weighted by Crippen LogP contribution is 1.82. The molecule has 0 spiro atoms. The van der Waals surface area contributed by atoms with Crippen LogP contribution < -0.4 is 0 Å². The Kier molecular flexibility index (Phi) is 1.64. The Morgan fingerprint density at radius 2 is 2.75 bits per heavy atom. The van der Waals surface area contributed by atoms with Gasteiger partial charge in [-0.1, -0.05) is 0 Å². The number of hydrogen-bond acceptors (Lipinski definition) is 2. The Morgan fingerprint density at radius 3 is 3.25 bits per heavy atom. The lowest BCUT2D eigenvalue weighted by Crippen LogP contribution is -1.95. The highest BCUT2D eigenvalue weighted by molar-refractivity contribution is 4.68. The van der Waals surface area contributed by atoms with Crippen molar-refractivity contribution in [3.63, 3.8) is 0 Å². The molecular weight excluding hydrogens is 104 g/mol. The minimum Gasteiger partial charge on any atom is -0.364 e. The minimum atomic E-state index is 0.528. The lowest BCUT2D eigenvalue weighted by molar-refractivity contribution is 0.130. The summed E-state index contributed by atoms with van der Waals surface area (Å²) in [5, 5.41) is 0. The van der Waals surface area contributed by atoms with Crippen LogP contribution in [-0.2, 0) is 11.5 Å². The van der Waals surface area contributed by atoms with E-state index < -0.39 is 0 Å². The van der Waals surface area contributed by atoms with Gasteiger partial charge in [0.1, 0.15) is 6.73 Å². The van der Waals surface area contributed by atoms with Gasteiger partial charge in [0.15, 0.2) is 0 Å². The van der Waals surface area contributed by atoms with Gasteiger partial charge in [-0.3, -0.25) is 0 Å². The Bertz CT molecular complexity index is 136. The summed E-state index contributed by atoms with van der Waals surface area (Å²) in [4.78, 5) is 3.77. The molecule has 0 N–H and O–H groups in total. The fraction of sp³-hybridized carbons (Fsp3) is 0.400. The first kappa shape index (κ1) is 5.31. The summed E-state index contributed by atoms with van der Waals surface area (Å²) in [6.07, 6.45) is 6.07. The number of aromatic nitrogens is 2. The van der Waals surface area contributed by atoms with Crippen LogP contribution in [0.3, 0.4) is 0 Å². The molecule has 43 valence electrons. The number of methoxy groups -OCH3 is 1. The first-order valence-electron chi connectivity index (χ1n) is 2.30. The van der Waals surface area contributed by atoms with Crippen LogP contribution in [0.4, 0.5) is 0 Å². The molecule has 0 aliphatic carbocycles. The lowest BCUT2D eigenvalue weighted by atomic mass is 10.9. The molecule has 3 heteroatoms. The zero-order valence-corrected chi connectivity index (χ0v) is 4.66. The van der Waals surface area contributed by atoms with Gasteiger partial charge in [0.25, 0.3) is 0 Å². The molecule has 3 nitrogen and oxygen atoms in total. The lowest BCUT2D eigenvalue weighted by Gasteiger charge is -1.94. The molecule has 0 fully saturated rings. The van der Waals surface area contributed by atoms with Crippen LogP contribution in [-0.4, -0.2) is 16.7 Å². The fourth-order valence-electron chi connectivity index (χ4n) is 0.464. The third-order valence-electron chi connectivity index (χ3n) is 0.772. The zero-order chi connectivity index (χ0) is 5.82. The minimum absolute atomic E-state index is 0.528. The van der Waals surface area contributed by atoms with Crippen molar-refractivity contribution in [3.8, 4) is 0 Å².